The predicted molar refractivity (Wildman–Crippen MR) is 83.4 cm³/mol. The van der Waals surface area contributed by atoms with Crippen LogP contribution in [0.25, 0.3) is 0 Å². The fourth-order valence-electron chi connectivity index (χ4n) is 1.78. The maximum Gasteiger partial charge on any atom is 0.355 e. The molecule has 0 aliphatic rings. The summed E-state index contributed by atoms with van der Waals surface area (Å²) in [5.74, 6) is -0.913. The van der Waals surface area contributed by atoms with Crippen LogP contribution >= 0.6 is 11.3 Å². The summed E-state index contributed by atoms with van der Waals surface area (Å²) < 4.78 is 0. The normalized spacial score (nSPS) is 10.7. The molecule has 6 nitrogen and oxygen atoms in total. The van der Waals surface area contributed by atoms with Gasteiger partial charge in [-0.3, -0.25) is 9.78 Å². The third kappa shape index (κ3) is 4.11. The topological polar surface area (TPSA) is 92.2 Å². The number of carboxylic acid groups (broad SMARTS) is 1. The van der Waals surface area contributed by atoms with E-state index in [1.807, 2.05) is 6.07 Å². The maximum atomic E-state index is 11.9. The molecule has 2 rings (SSSR count). The Morgan fingerprint density at radius 1 is 1.32 bits per heavy atom. The number of pyridine rings is 1. The first-order valence-electron chi connectivity index (χ1n) is 6.89. The number of nitrogens with zero attached hydrogens (tertiary/aromatic N) is 2. The van der Waals surface area contributed by atoms with Crippen LogP contribution in [-0.2, 0) is 6.42 Å². The van der Waals surface area contributed by atoms with Gasteiger partial charge in [-0.25, -0.2) is 9.78 Å². The van der Waals surface area contributed by atoms with Gasteiger partial charge >= 0.3 is 5.97 Å². The molecule has 0 spiro atoms. The van der Waals surface area contributed by atoms with E-state index in [0.29, 0.717) is 29.6 Å². The molecule has 0 aromatic carbocycles. The lowest BCUT2D eigenvalue weighted by Crippen LogP contribution is -2.26. The first-order chi connectivity index (χ1) is 10.5. The van der Waals surface area contributed by atoms with Gasteiger partial charge in [0, 0.05) is 24.5 Å². The van der Waals surface area contributed by atoms with Crippen LogP contribution in [0.4, 0.5) is 0 Å². The van der Waals surface area contributed by atoms with Crippen LogP contribution in [0.5, 0.6) is 0 Å². The van der Waals surface area contributed by atoms with E-state index >= 15 is 0 Å². The average Bonchev–Trinajstić information content (AvgIpc) is 2.96. The SMILES string of the molecule is CC(C)c1ccc(C(=O)NCCc2nc(C(=O)O)cs2)nc1. The molecule has 0 saturated heterocycles. The number of rotatable bonds is 6. The molecule has 1 amide bonds. The van der Waals surface area contributed by atoms with Gasteiger partial charge in [-0.1, -0.05) is 19.9 Å². The second-order valence-electron chi connectivity index (χ2n) is 5.07. The molecule has 0 radical (unpaired) electrons. The van der Waals surface area contributed by atoms with Crippen LogP contribution in [0.15, 0.2) is 23.7 Å². The minimum Gasteiger partial charge on any atom is -0.476 e. The van der Waals surface area contributed by atoms with E-state index in [-0.39, 0.29) is 11.6 Å². The van der Waals surface area contributed by atoms with Crippen molar-refractivity contribution in [1.29, 1.82) is 0 Å². The molecule has 0 atom stereocenters. The molecule has 116 valence electrons. The van der Waals surface area contributed by atoms with Crippen molar-refractivity contribution >= 4 is 23.2 Å². The van der Waals surface area contributed by atoms with Gasteiger partial charge in [-0.15, -0.1) is 11.3 Å². The van der Waals surface area contributed by atoms with Crippen LogP contribution in [-0.4, -0.2) is 33.5 Å². The maximum absolute atomic E-state index is 11.9. The van der Waals surface area contributed by atoms with Gasteiger partial charge in [0.1, 0.15) is 5.69 Å². The van der Waals surface area contributed by atoms with Gasteiger partial charge in [0.2, 0.25) is 0 Å². The highest BCUT2D eigenvalue weighted by atomic mass is 32.1. The van der Waals surface area contributed by atoms with Gasteiger partial charge in [0.25, 0.3) is 5.91 Å². The Balaban J connectivity index is 1.85. The van der Waals surface area contributed by atoms with Crippen molar-refractivity contribution in [3.63, 3.8) is 0 Å². The first-order valence-corrected chi connectivity index (χ1v) is 7.77. The Kier molecular flexibility index (Phi) is 5.21. The van der Waals surface area contributed by atoms with Crippen molar-refractivity contribution in [3.05, 3.63) is 45.7 Å². The summed E-state index contributed by atoms with van der Waals surface area (Å²) in [6.45, 7) is 4.52. The summed E-state index contributed by atoms with van der Waals surface area (Å²) in [4.78, 5) is 30.8. The molecule has 22 heavy (non-hydrogen) atoms. The predicted octanol–water partition coefficient (Wildman–Crippen LogP) is 2.33. The molecule has 2 N–H and O–H groups in total. The summed E-state index contributed by atoms with van der Waals surface area (Å²) in [5, 5.41) is 13.7. The van der Waals surface area contributed by atoms with E-state index in [4.69, 9.17) is 5.11 Å². The standard InChI is InChI=1S/C15H17N3O3S/c1-9(2)10-3-4-11(17-7-10)14(19)16-6-5-13-18-12(8-22-13)15(20)21/h3-4,7-9H,5-6H2,1-2H3,(H,16,19)(H,20,21). The summed E-state index contributed by atoms with van der Waals surface area (Å²) in [6.07, 6.45) is 2.20. The minimum absolute atomic E-state index is 0.0391. The van der Waals surface area contributed by atoms with E-state index in [1.54, 1.807) is 12.3 Å². The van der Waals surface area contributed by atoms with Crippen molar-refractivity contribution in [2.24, 2.45) is 0 Å². The Morgan fingerprint density at radius 2 is 2.09 bits per heavy atom. The number of aromatic nitrogens is 2. The Morgan fingerprint density at radius 3 is 2.64 bits per heavy atom. The van der Waals surface area contributed by atoms with Crippen molar-refractivity contribution in [3.8, 4) is 0 Å². The molecule has 0 aliphatic heterocycles. The third-order valence-electron chi connectivity index (χ3n) is 3.08. The average molecular weight is 319 g/mol. The molecule has 7 heteroatoms. The highest BCUT2D eigenvalue weighted by Crippen LogP contribution is 2.13. The van der Waals surface area contributed by atoms with E-state index in [0.717, 1.165) is 5.56 Å². The molecule has 0 fully saturated rings. The van der Waals surface area contributed by atoms with Gasteiger partial charge in [0.15, 0.2) is 5.69 Å². The lowest BCUT2D eigenvalue weighted by Gasteiger charge is -2.06. The highest BCUT2D eigenvalue weighted by Gasteiger charge is 2.10. The number of aromatic carboxylic acids is 1. The zero-order valence-corrected chi connectivity index (χ0v) is 13.2. The van der Waals surface area contributed by atoms with Crippen LogP contribution in [0.1, 0.15) is 51.3 Å². The molecule has 0 aliphatic carbocycles. The number of amides is 1. The highest BCUT2D eigenvalue weighted by molar-refractivity contribution is 7.09. The monoisotopic (exact) mass is 319 g/mol. The molecular formula is C15H17N3O3S. The minimum atomic E-state index is -1.04. The van der Waals surface area contributed by atoms with Crippen molar-refractivity contribution in [2.75, 3.05) is 6.54 Å². The fraction of sp³-hybridized carbons (Fsp3) is 0.333. The van der Waals surface area contributed by atoms with E-state index in [1.165, 1.54) is 16.7 Å². The second-order valence-corrected chi connectivity index (χ2v) is 6.01. The number of carbonyl (C=O) groups excluding carboxylic acids is 1. The summed E-state index contributed by atoms with van der Waals surface area (Å²) in [6, 6.07) is 3.60. The number of carbonyl (C=O) groups is 2. The second kappa shape index (κ2) is 7.13. The summed E-state index contributed by atoms with van der Waals surface area (Å²) in [7, 11) is 0. The van der Waals surface area contributed by atoms with E-state index < -0.39 is 5.97 Å². The lowest BCUT2D eigenvalue weighted by atomic mass is 10.1. The van der Waals surface area contributed by atoms with Gasteiger partial charge in [0.05, 0.1) is 5.01 Å². The summed E-state index contributed by atoms with van der Waals surface area (Å²) in [5.41, 5.74) is 1.49. The molecular weight excluding hydrogens is 302 g/mol. The Hall–Kier alpha value is -2.28. The number of hydrogen-bond donors (Lipinski definition) is 2. The lowest BCUT2D eigenvalue weighted by molar-refractivity contribution is 0.0690. The van der Waals surface area contributed by atoms with Gasteiger partial charge in [-0.05, 0) is 17.5 Å². The van der Waals surface area contributed by atoms with Crippen molar-refractivity contribution < 1.29 is 14.7 Å². The third-order valence-corrected chi connectivity index (χ3v) is 3.99. The summed E-state index contributed by atoms with van der Waals surface area (Å²) >= 11 is 1.27. The van der Waals surface area contributed by atoms with Gasteiger partial charge < -0.3 is 10.4 Å². The zero-order chi connectivity index (χ0) is 16.1. The first kappa shape index (κ1) is 16.1. The Bertz CT molecular complexity index is 665. The molecule has 0 unspecified atom stereocenters. The fourth-order valence-corrected chi connectivity index (χ4v) is 2.55. The van der Waals surface area contributed by atoms with E-state index in [9.17, 15) is 9.59 Å². The van der Waals surface area contributed by atoms with Crippen molar-refractivity contribution in [1.82, 2.24) is 15.3 Å². The molecule has 0 saturated carbocycles. The quantitative estimate of drug-likeness (QED) is 0.852. The largest absolute Gasteiger partial charge is 0.476 e. The molecule has 2 aromatic rings. The van der Waals surface area contributed by atoms with Crippen LogP contribution in [0.2, 0.25) is 0 Å². The zero-order valence-electron chi connectivity index (χ0n) is 12.4. The Labute approximate surface area is 132 Å². The van der Waals surface area contributed by atoms with Crippen molar-refractivity contribution in [2.45, 2.75) is 26.2 Å². The van der Waals surface area contributed by atoms with Gasteiger partial charge in [-0.2, -0.15) is 0 Å². The van der Waals surface area contributed by atoms with Crippen LogP contribution < -0.4 is 5.32 Å². The number of hydrogen-bond acceptors (Lipinski definition) is 5. The van der Waals surface area contributed by atoms with Crippen LogP contribution in [0, 0.1) is 0 Å². The molecule has 0 bridgehead atoms. The number of carboxylic acids is 1. The molecule has 2 heterocycles. The number of nitrogens with one attached hydrogen (secondary N) is 1. The van der Waals surface area contributed by atoms with Crippen LogP contribution in [0.3, 0.4) is 0 Å². The smallest absolute Gasteiger partial charge is 0.355 e. The molecule has 2 aromatic heterocycles. The van der Waals surface area contributed by atoms with E-state index in [2.05, 4.69) is 29.1 Å². The number of thiazole rings is 1.